The molecule has 2 rings (SSSR count). The summed E-state index contributed by atoms with van der Waals surface area (Å²) in [5.74, 6) is 2.68. The Bertz CT molecular complexity index is 567. The third kappa shape index (κ3) is 6.72. The second-order valence-corrected chi connectivity index (χ2v) is 8.79. The maximum atomic E-state index is 4.19. The Balaban J connectivity index is 1.71. The van der Waals surface area contributed by atoms with Crippen LogP contribution in [-0.2, 0) is 5.54 Å². The van der Waals surface area contributed by atoms with Crippen LogP contribution in [0.3, 0.4) is 0 Å². The average Bonchev–Trinajstić information content (AvgIpc) is 3.25. The predicted octanol–water partition coefficient (Wildman–Crippen LogP) is 3.39. The summed E-state index contributed by atoms with van der Waals surface area (Å²) in [5, 5.41) is 26.5. The Kier molecular flexibility index (Phi) is 7.80. The van der Waals surface area contributed by atoms with Crippen LogP contribution in [-0.4, -0.2) is 46.6 Å². The van der Waals surface area contributed by atoms with E-state index in [-0.39, 0.29) is 5.54 Å². The van der Waals surface area contributed by atoms with Crippen LogP contribution in [0.2, 0.25) is 0 Å². The number of hydrogen-bond acceptors (Lipinski definition) is 7. The molecule has 2 aromatic rings. The van der Waals surface area contributed by atoms with Crippen LogP contribution >= 0.6 is 11.8 Å². The van der Waals surface area contributed by atoms with E-state index in [4.69, 9.17) is 0 Å². The van der Waals surface area contributed by atoms with Crippen LogP contribution in [0, 0.1) is 5.92 Å². The quantitative estimate of drug-likeness (QED) is 0.575. The number of aromatic amines is 1. The van der Waals surface area contributed by atoms with Crippen molar-refractivity contribution in [2.24, 2.45) is 5.92 Å². The zero-order valence-electron chi connectivity index (χ0n) is 15.7. The summed E-state index contributed by atoms with van der Waals surface area (Å²) < 4.78 is 1.84. The van der Waals surface area contributed by atoms with Crippen LogP contribution in [0.4, 0.5) is 0 Å². The lowest BCUT2D eigenvalue weighted by Gasteiger charge is -2.23. The third-order valence-electron chi connectivity index (χ3n) is 4.37. The van der Waals surface area contributed by atoms with Gasteiger partial charge in [0.05, 0.1) is 10.8 Å². The van der Waals surface area contributed by atoms with Crippen LogP contribution in [0.25, 0.3) is 0 Å². The minimum absolute atomic E-state index is 0.0432. The standard InChI is InChI=1S/C16H30N8S/c1-13(2)8-7-9-14(15-18-21-22-19-15)25-11-6-5-10-16(3,4)24-12-17-20-23-24/h12-14H,5-11H2,1-4H3,(H,18,19,21,22). The number of tetrazole rings is 2. The molecule has 0 aliphatic rings. The molecule has 0 amide bonds. The van der Waals surface area contributed by atoms with Crippen molar-refractivity contribution in [2.75, 3.05) is 5.75 Å². The van der Waals surface area contributed by atoms with Gasteiger partial charge in [-0.05, 0) is 55.2 Å². The molecule has 8 nitrogen and oxygen atoms in total. The summed E-state index contributed by atoms with van der Waals surface area (Å²) in [5.41, 5.74) is -0.0432. The van der Waals surface area contributed by atoms with Crippen molar-refractivity contribution >= 4 is 11.8 Å². The predicted molar refractivity (Wildman–Crippen MR) is 99.1 cm³/mol. The number of thioether (sulfide) groups is 1. The van der Waals surface area contributed by atoms with E-state index in [1.165, 1.54) is 12.8 Å². The van der Waals surface area contributed by atoms with Gasteiger partial charge in [0.1, 0.15) is 6.33 Å². The van der Waals surface area contributed by atoms with Gasteiger partial charge < -0.3 is 0 Å². The largest absolute Gasteiger partial charge is 0.227 e. The van der Waals surface area contributed by atoms with Gasteiger partial charge in [0.15, 0.2) is 5.82 Å². The Morgan fingerprint density at radius 3 is 2.68 bits per heavy atom. The Morgan fingerprint density at radius 1 is 1.20 bits per heavy atom. The minimum atomic E-state index is -0.0432. The second kappa shape index (κ2) is 9.84. The molecule has 0 aliphatic heterocycles. The molecule has 0 saturated carbocycles. The van der Waals surface area contributed by atoms with E-state index in [2.05, 4.69) is 63.8 Å². The van der Waals surface area contributed by atoms with Gasteiger partial charge in [-0.2, -0.15) is 17.0 Å². The number of H-pyrrole nitrogens is 1. The minimum Gasteiger partial charge on any atom is -0.227 e. The number of nitrogens with zero attached hydrogens (tertiary/aromatic N) is 7. The molecule has 0 aliphatic carbocycles. The Morgan fingerprint density at radius 2 is 2.04 bits per heavy atom. The lowest BCUT2D eigenvalue weighted by Crippen LogP contribution is -2.26. The van der Waals surface area contributed by atoms with E-state index in [9.17, 15) is 0 Å². The third-order valence-corrected chi connectivity index (χ3v) is 5.74. The molecule has 2 heterocycles. The number of nitrogens with one attached hydrogen (secondary N) is 1. The highest BCUT2D eigenvalue weighted by atomic mass is 32.2. The fraction of sp³-hybridized carbons (Fsp3) is 0.875. The highest BCUT2D eigenvalue weighted by molar-refractivity contribution is 7.99. The fourth-order valence-corrected chi connectivity index (χ4v) is 3.98. The molecule has 0 spiro atoms. The second-order valence-electron chi connectivity index (χ2n) is 7.48. The topological polar surface area (TPSA) is 98.1 Å². The zero-order valence-corrected chi connectivity index (χ0v) is 16.5. The molecule has 0 radical (unpaired) electrons. The molecule has 1 atom stereocenters. The average molecular weight is 367 g/mol. The van der Waals surface area contributed by atoms with Gasteiger partial charge in [-0.15, -0.1) is 15.3 Å². The van der Waals surface area contributed by atoms with Crippen LogP contribution in [0.5, 0.6) is 0 Å². The first-order valence-electron chi connectivity index (χ1n) is 9.07. The smallest absolute Gasteiger partial charge is 0.187 e. The van der Waals surface area contributed by atoms with Crippen LogP contribution in [0.15, 0.2) is 6.33 Å². The number of unbranched alkanes of at least 4 members (excludes halogenated alkanes) is 1. The summed E-state index contributed by atoms with van der Waals surface area (Å²) in [6.45, 7) is 8.88. The summed E-state index contributed by atoms with van der Waals surface area (Å²) in [6.07, 6.45) is 8.61. The van der Waals surface area contributed by atoms with E-state index < -0.39 is 0 Å². The van der Waals surface area contributed by atoms with Crippen molar-refractivity contribution in [3.8, 4) is 0 Å². The molecule has 1 N–H and O–H groups in total. The van der Waals surface area contributed by atoms with Gasteiger partial charge in [0.25, 0.3) is 0 Å². The van der Waals surface area contributed by atoms with Crippen molar-refractivity contribution in [1.82, 2.24) is 40.8 Å². The van der Waals surface area contributed by atoms with Crippen molar-refractivity contribution in [3.63, 3.8) is 0 Å². The van der Waals surface area contributed by atoms with Gasteiger partial charge in [-0.25, -0.2) is 4.68 Å². The van der Waals surface area contributed by atoms with Gasteiger partial charge >= 0.3 is 0 Å². The molecule has 2 aromatic heterocycles. The summed E-state index contributed by atoms with van der Waals surface area (Å²) >= 11 is 1.95. The first-order valence-corrected chi connectivity index (χ1v) is 10.1. The molecule has 1 unspecified atom stereocenters. The number of hydrogen-bond donors (Lipinski definition) is 1. The molecule has 0 bridgehead atoms. The molecular weight excluding hydrogens is 336 g/mol. The zero-order chi connectivity index (χ0) is 18.1. The van der Waals surface area contributed by atoms with Crippen LogP contribution in [0.1, 0.15) is 77.3 Å². The molecule has 25 heavy (non-hydrogen) atoms. The first kappa shape index (κ1) is 19.8. The van der Waals surface area contributed by atoms with Crippen molar-refractivity contribution in [3.05, 3.63) is 12.2 Å². The molecule has 140 valence electrons. The van der Waals surface area contributed by atoms with E-state index in [0.717, 1.165) is 43.2 Å². The highest BCUT2D eigenvalue weighted by Crippen LogP contribution is 2.33. The van der Waals surface area contributed by atoms with Crippen molar-refractivity contribution in [1.29, 1.82) is 0 Å². The van der Waals surface area contributed by atoms with Gasteiger partial charge in [-0.1, -0.05) is 38.3 Å². The molecule has 0 fully saturated rings. The fourth-order valence-electron chi connectivity index (χ4n) is 2.74. The first-order chi connectivity index (χ1) is 12.0. The number of aromatic nitrogens is 8. The van der Waals surface area contributed by atoms with Crippen molar-refractivity contribution in [2.45, 2.75) is 77.0 Å². The Labute approximate surface area is 153 Å². The lowest BCUT2D eigenvalue weighted by atomic mass is 9.98. The molecular formula is C16H30N8S. The highest BCUT2D eigenvalue weighted by Gasteiger charge is 2.21. The normalized spacial score (nSPS) is 13.5. The molecule has 9 heteroatoms. The Hall–Kier alpha value is -1.51. The van der Waals surface area contributed by atoms with Gasteiger partial charge in [0.2, 0.25) is 0 Å². The monoisotopic (exact) mass is 366 g/mol. The van der Waals surface area contributed by atoms with Gasteiger partial charge in [-0.3, -0.25) is 0 Å². The molecule has 0 saturated heterocycles. The van der Waals surface area contributed by atoms with E-state index >= 15 is 0 Å². The summed E-state index contributed by atoms with van der Waals surface area (Å²) in [4.78, 5) is 0. The maximum Gasteiger partial charge on any atom is 0.187 e. The van der Waals surface area contributed by atoms with Crippen LogP contribution < -0.4 is 0 Å². The van der Waals surface area contributed by atoms with E-state index in [0.29, 0.717) is 5.25 Å². The molecule has 0 aromatic carbocycles. The maximum absolute atomic E-state index is 4.19. The SMILES string of the molecule is CC(C)CCCC(SCCCCC(C)(C)n1cnnn1)c1nn[nH]n1. The number of rotatable bonds is 12. The lowest BCUT2D eigenvalue weighted by molar-refractivity contribution is 0.281. The van der Waals surface area contributed by atoms with E-state index in [1.807, 2.05) is 16.4 Å². The summed E-state index contributed by atoms with van der Waals surface area (Å²) in [7, 11) is 0. The van der Waals surface area contributed by atoms with Gasteiger partial charge in [0, 0.05) is 0 Å². The van der Waals surface area contributed by atoms with Crippen molar-refractivity contribution < 1.29 is 0 Å². The van der Waals surface area contributed by atoms with E-state index in [1.54, 1.807) is 6.33 Å². The summed E-state index contributed by atoms with van der Waals surface area (Å²) in [6, 6.07) is 0.